The highest BCUT2D eigenvalue weighted by atomic mass is 14.9. The Morgan fingerprint density at radius 2 is 2.00 bits per heavy atom. The highest BCUT2D eigenvalue weighted by Crippen LogP contribution is 2.38. The van der Waals surface area contributed by atoms with E-state index in [1.807, 2.05) is 0 Å². The van der Waals surface area contributed by atoms with Crippen molar-refractivity contribution in [2.24, 2.45) is 0 Å². The molecule has 2 rings (SSSR count). The van der Waals surface area contributed by atoms with E-state index in [0.717, 1.165) is 12.0 Å². The summed E-state index contributed by atoms with van der Waals surface area (Å²) in [6, 6.07) is 9.58. The maximum atomic E-state index is 3.59. The van der Waals surface area contributed by atoms with Crippen molar-refractivity contribution in [3.8, 4) is 0 Å². The van der Waals surface area contributed by atoms with Crippen LogP contribution in [0.2, 0.25) is 0 Å². The van der Waals surface area contributed by atoms with E-state index in [4.69, 9.17) is 0 Å². The van der Waals surface area contributed by atoms with Crippen LogP contribution < -0.4 is 5.32 Å². The summed E-state index contributed by atoms with van der Waals surface area (Å²) in [5, 5.41) is 3.59. The Labute approximate surface area is 92.9 Å². The highest BCUT2D eigenvalue weighted by molar-refractivity contribution is 5.31. The van der Waals surface area contributed by atoms with Gasteiger partial charge in [-0.1, -0.05) is 31.2 Å². The first-order valence-corrected chi connectivity index (χ1v) is 6.10. The van der Waals surface area contributed by atoms with Gasteiger partial charge in [0.25, 0.3) is 0 Å². The van der Waals surface area contributed by atoms with Gasteiger partial charge in [0.2, 0.25) is 0 Å². The second kappa shape index (κ2) is 4.80. The minimum atomic E-state index is 0.773. The summed E-state index contributed by atoms with van der Waals surface area (Å²) in [4.78, 5) is 0. The van der Waals surface area contributed by atoms with Crippen LogP contribution in [0.3, 0.4) is 0 Å². The molecule has 0 unspecified atom stereocenters. The Bertz CT molecular complexity index is 313. The van der Waals surface area contributed by atoms with E-state index in [9.17, 15) is 0 Å². The summed E-state index contributed by atoms with van der Waals surface area (Å²) < 4.78 is 0. The third-order valence-electron chi connectivity index (χ3n) is 3.45. The molecule has 0 aromatic heterocycles. The van der Waals surface area contributed by atoms with Crippen molar-refractivity contribution in [3.63, 3.8) is 0 Å². The molecule has 1 N–H and O–H groups in total. The van der Waals surface area contributed by atoms with E-state index in [0.29, 0.717) is 0 Å². The van der Waals surface area contributed by atoms with E-state index in [-0.39, 0.29) is 0 Å². The average Bonchev–Trinajstić information content (AvgIpc) is 2.18. The number of rotatable bonds is 4. The highest BCUT2D eigenvalue weighted by Gasteiger charge is 2.30. The molecule has 1 aliphatic carbocycles. The number of benzene rings is 1. The average molecular weight is 203 g/mol. The zero-order chi connectivity index (χ0) is 10.7. The molecule has 15 heavy (non-hydrogen) atoms. The van der Waals surface area contributed by atoms with E-state index in [1.54, 1.807) is 5.56 Å². The molecule has 0 atom stereocenters. The smallest absolute Gasteiger partial charge is 0.00787 e. The predicted molar refractivity (Wildman–Crippen MR) is 65.2 cm³/mol. The predicted octanol–water partition coefficient (Wildman–Crippen LogP) is 3.24. The first-order valence-electron chi connectivity index (χ1n) is 6.10. The van der Waals surface area contributed by atoms with Crippen LogP contribution >= 0.6 is 0 Å². The van der Waals surface area contributed by atoms with E-state index >= 15 is 0 Å². The fourth-order valence-corrected chi connectivity index (χ4v) is 2.43. The van der Waals surface area contributed by atoms with E-state index < -0.39 is 0 Å². The molecule has 0 amide bonds. The second-order valence-electron chi connectivity index (χ2n) is 4.68. The molecule has 0 saturated heterocycles. The van der Waals surface area contributed by atoms with Crippen molar-refractivity contribution in [1.29, 1.82) is 0 Å². The van der Waals surface area contributed by atoms with Crippen molar-refractivity contribution in [2.45, 2.75) is 45.1 Å². The van der Waals surface area contributed by atoms with Crippen LogP contribution in [0.5, 0.6) is 0 Å². The Hall–Kier alpha value is -0.820. The van der Waals surface area contributed by atoms with Gasteiger partial charge >= 0.3 is 0 Å². The lowest BCUT2D eigenvalue weighted by Crippen LogP contribution is -2.40. The standard InChI is InChI=1S/C14H21N/c1-3-8-15-13-9-12(10-13)14-7-5-4-6-11(14)2/h4-7,12-13,15H,3,8-10H2,1-2H3. The summed E-state index contributed by atoms with van der Waals surface area (Å²) in [5.74, 6) is 0.806. The lowest BCUT2D eigenvalue weighted by Gasteiger charge is -2.37. The molecule has 0 heterocycles. The van der Waals surface area contributed by atoms with Crippen LogP contribution in [-0.4, -0.2) is 12.6 Å². The van der Waals surface area contributed by atoms with Gasteiger partial charge in [0, 0.05) is 6.04 Å². The number of nitrogens with one attached hydrogen (secondary N) is 1. The van der Waals surface area contributed by atoms with Gasteiger partial charge in [-0.3, -0.25) is 0 Å². The van der Waals surface area contributed by atoms with Crippen molar-refractivity contribution in [3.05, 3.63) is 35.4 Å². The minimum absolute atomic E-state index is 0.773. The zero-order valence-electron chi connectivity index (χ0n) is 9.79. The molecular weight excluding hydrogens is 182 g/mol. The SMILES string of the molecule is CCCNC1CC(c2ccccc2C)C1. The summed E-state index contributed by atoms with van der Waals surface area (Å²) in [6.45, 7) is 5.62. The largest absolute Gasteiger partial charge is 0.314 e. The van der Waals surface area contributed by atoms with Crippen LogP contribution in [0.1, 0.15) is 43.2 Å². The lowest BCUT2D eigenvalue weighted by atomic mass is 9.74. The van der Waals surface area contributed by atoms with Gasteiger partial charge in [-0.25, -0.2) is 0 Å². The molecule has 0 aliphatic heterocycles. The number of aryl methyl sites for hydroxylation is 1. The van der Waals surface area contributed by atoms with E-state index in [2.05, 4.69) is 43.4 Å². The Morgan fingerprint density at radius 1 is 1.27 bits per heavy atom. The zero-order valence-corrected chi connectivity index (χ0v) is 9.79. The maximum Gasteiger partial charge on any atom is 0.00787 e. The van der Waals surface area contributed by atoms with Gasteiger partial charge in [0.1, 0.15) is 0 Å². The van der Waals surface area contributed by atoms with Crippen LogP contribution in [0.15, 0.2) is 24.3 Å². The third kappa shape index (κ3) is 2.40. The molecule has 82 valence electrons. The quantitative estimate of drug-likeness (QED) is 0.792. The summed E-state index contributed by atoms with van der Waals surface area (Å²) in [5.41, 5.74) is 3.02. The summed E-state index contributed by atoms with van der Waals surface area (Å²) >= 11 is 0. The molecule has 1 nitrogen and oxygen atoms in total. The van der Waals surface area contributed by atoms with E-state index in [1.165, 1.54) is 31.4 Å². The fraction of sp³-hybridized carbons (Fsp3) is 0.571. The molecule has 1 aromatic carbocycles. The number of hydrogen-bond donors (Lipinski definition) is 1. The molecule has 1 saturated carbocycles. The van der Waals surface area contributed by atoms with Gasteiger partial charge in [-0.15, -0.1) is 0 Å². The van der Waals surface area contributed by atoms with Crippen LogP contribution in [0, 0.1) is 6.92 Å². The summed E-state index contributed by atoms with van der Waals surface area (Å²) in [7, 11) is 0. The fourth-order valence-electron chi connectivity index (χ4n) is 2.43. The van der Waals surface area contributed by atoms with Crippen molar-refractivity contribution < 1.29 is 0 Å². The normalized spacial score (nSPS) is 24.9. The third-order valence-corrected chi connectivity index (χ3v) is 3.45. The molecule has 1 aromatic rings. The first kappa shape index (κ1) is 10.7. The van der Waals surface area contributed by atoms with Crippen LogP contribution in [0.25, 0.3) is 0 Å². The molecule has 1 fully saturated rings. The van der Waals surface area contributed by atoms with Gasteiger partial charge in [-0.2, -0.15) is 0 Å². The monoisotopic (exact) mass is 203 g/mol. The van der Waals surface area contributed by atoms with Gasteiger partial charge in [-0.05, 0) is 49.8 Å². The minimum Gasteiger partial charge on any atom is -0.314 e. The second-order valence-corrected chi connectivity index (χ2v) is 4.68. The van der Waals surface area contributed by atoms with Gasteiger partial charge < -0.3 is 5.32 Å². The molecular formula is C14H21N. The molecule has 0 spiro atoms. The molecule has 0 radical (unpaired) electrons. The Balaban J connectivity index is 1.87. The van der Waals surface area contributed by atoms with Crippen molar-refractivity contribution >= 4 is 0 Å². The number of hydrogen-bond acceptors (Lipinski definition) is 1. The van der Waals surface area contributed by atoms with Gasteiger partial charge in [0.05, 0.1) is 0 Å². The Kier molecular flexibility index (Phi) is 3.42. The van der Waals surface area contributed by atoms with Crippen LogP contribution in [-0.2, 0) is 0 Å². The first-order chi connectivity index (χ1) is 7.31. The molecule has 1 heteroatoms. The molecule has 1 aliphatic rings. The topological polar surface area (TPSA) is 12.0 Å². The van der Waals surface area contributed by atoms with Crippen molar-refractivity contribution in [2.75, 3.05) is 6.54 Å². The van der Waals surface area contributed by atoms with Crippen LogP contribution in [0.4, 0.5) is 0 Å². The summed E-state index contributed by atoms with van der Waals surface area (Å²) in [6.07, 6.45) is 3.89. The van der Waals surface area contributed by atoms with Crippen molar-refractivity contribution in [1.82, 2.24) is 5.32 Å². The Morgan fingerprint density at radius 3 is 2.67 bits per heavy atom. The lowest BCUT2D eigenvalue weighted by molar-refractivity contribution is 0.291. The van der Waals surface area contributed by atoms with Gasteiger partial charge in [0.15, 0.2) is 0 Å². The molecule has 0 bridgehead atoms. The maximum absolute atomic E-state index is 3.59.